The first-order valence-corrected chi connectivity index (χ1v) is 38.7. The molecule has 3 heterocycles. The summed E-state index contributed by atoms with van der Waals surface area (Å²) in [6, 6.07) is 47.0. The Hall–Kier alpha value is -9.98. The van der Waals surface area contributed by atoms with E-state index in [1.165, 1.54) is 31.0 Å². The smallest absolute Gasteiger partial charge is 0.335 e. The van der Waals surface area contributed by atoms with Crippen molar-refractivity contribution in [2.75, 3.05) is 52.0 Å². The van der Waals surface area contributed by atoms with Crippen LogP contribution in [-0.4, -0.2) is 122 Å². The number of halogens is 1. The molecule has 0 aromatic heterocycles. The molecule has 6 aromatic rings. The molecule has 0 unspecified atom stereocenters. The Kier molecular flexibility index (Phi) is 34.9. The highest BCUT2D eigenvalue weighted by Crippen LogP contribution is 2.50. The largest absolute Gasteiger partial charge is 0.748 e. The van der Waals surface area contributed by atoms with Crippen LogP contribution in [0.5, 0.6) is 0 Å². The third kappa shape index (κ3) is 28.7. The fourth-order valence-corrected chi connectivity index (χ4v) is 13.4. The lowest BCUT2D eigenvalue weighted by Crippen LogP contribution is -2.28. The summed E-state index contributed by atoms with van der Waals surface area (Å²) in [5.74, 6) is -3.46. The number of anilines is 3. The number of carbonyl (C=O) groups excluding carboxylic acids is 2. The Morgan fingerprint density at radius 1 is 0.514 bits per heavy atom. The molecule has 570 valence electrons. The summed E-state index contributed by atoms with van der Waals surface area (Å²) in [4.78, 5) is 44.1. The Morgan fingerprint density at radius 2 is 0.925 bits per heavy atom. The number of hydrogen-bond acceptors (Lipinski definition) is 18. The van der Waals surface area contributed by atoms with Crippen molar-refractivity contribution in [1.82, 2.24) is 0 Å². The Bertz CT molecular complexity index is 4760. The lowest BCUT2D eigenvalue weighted by atomic mass is 9.81. The van der Waals surface area contributed by atoms with Crippen molar-refractivity contribution in [1.29, 1.82) is 0 Å². The number of aryl methyl sites for hydroxylation is 2. The summed E-state index contributed by atoms with van der Waals surface area (Å²) >= 11 is 0. The molecule has 0 spiro atoms. The number of aromatic carboxylic acids is 1. The third-order valence-corrected chi connectivity index (χ3v) is 19.2. The summed E-state index contributed by atoms with van der Waals surface area (Å²) in [7, 11) is -12.9. The number of ether oxygens (including phenoxy) is 1. The number of aliphatic imine (C=N–C) groups is 2. The fourth-order valence-electron chi connectivity index (χ4n) is 12.0. The van der Waals surface area contributed by atoms with Gasteiger partial charge in [-0.05, 0) is 143 Å². The van der Waals surface area contributed by atoms with Gasteiger partial charge < -0.3 is 38.6 Å². The zero-order valence-electron chi connectivity index (χ0n) is 61.2. The van der Waals surface area contributed by atoms with Gasteiger partial charge in [0.05, 0.1) is 52.7 Å². The van der Waals surface area contributed by atoms with Crippen LogP contribution < -0.4 is 15.1 Å². The van der Waals surface area contributed by atoms with Crippen LogP contribution in [0.25, 0.3) is 0 Å². The van der Waals surface area contributed by atoms with Gasteiger partial charge in [-0.2, -0.15) is 4.58 Å². The molecule has 2 N–H and O–H groups in total. The quantitative estimate of drug-likeness (QED) is 0.0127. The molecule has 107 heavy (non-hydrogen) atoms. The molecular formula is C83H97ClN6O14S3-2. The second kappa shape index (κ2) is 41.8. The van der Waals surface area contributed by atoms with Crippen molar-refractivity contribution in [3.63, 3.8) is 0 Å². The number of fused-ring (bicyclic) bond motifs is 3. The number of carboxylic acids is 1. The Morgan fingerprint density at radius 3 is 1.36 bits per heavy atom. The van der Waals surface area contributed by atoms with Gasteiger partial charge in [0.15, 0.2) is 5.71 Å². The van der Waals surface area contributed by atoms with Gasteiger partial charge in [-0.1, -0.05) is 180 Å². The molecule has 0 atom stereocenters. The first kappa shape index (κ1) is 89.4. The van der Waals surface area contributed by atoms with Crippen molar-refractivity contribution < 1.29 is 67.7 Å². The number of hydrogen-bond donors (Lipinski definition) is 2. The van der Waals surface area contributed by atoms with E-state index in [4.69, 9.17) is 0 Å². The highest BCUT2D eigenvalue weighted by Gasteiger charge is 2.45. The van der Waals surface area contributed by atoms with Gasteiger partial charge in [-0.25, -0.2) is 30.0 Å². The average molecular weight is 1530 g/mol. The lowest BCUT2D eigenvalue weighted by Gasteiger charge is -2.27. The molecule has 6 aromatic carbocycles. The van der Waals surface area contributed by atoms with Gasteiger partial charge in [-0.3, -0.25) is 19.6 Å². The lowest BCUT2D eigenvalue weighted by molar-refractivity contribution is -0.437. The zero-order chi connectivity index (χ0) is 77.0. The maximum Gasteiger partial charge on any atom is 0.335 e. The number of allylic oxidation sites excluding steroid dienone is 17. The average Bonchev–Trinajstić information content (AvgIpc) is 1.61. The Balaban J connectivity index is 0.000000346. The first-order valence-electron chi connectivity index (χ1n) is 34.0. The van der Waals surface area contributed by atoms with E-state index in [1.807, 2.05) is 220 Å². The van der Waals surface area contributed by atoms with Gasteiger partial charge in [-0.15, -0.1) is 12.4 Å². The van der Waals surface area contributed by atoms with Crippen LogP contribution in [-0.2, 0) is 60.9 Å². The number of para-hydroxylation sites is 3. The number of esters is 2. The summed E-state index contributed by atoms with van der Waals surface area (Å²) in [5.41, 5.74) is 13.1. The SMILES string of the molecule is C.C(/C=C/C=C/Nc1ccccc1)=Nc1ccccc1.CC(=O)OC(C)=O.Cc1ccc2c(c1)C(C)(C)\C(=C/C=C/C=C/C=C/C1=[N+](CCCS(=O)(=O)[O-])c3ccc(C(=O)O)cc3C1(C)C)N2CCCS(=O)(=O)[O-].Cc1ccc2c(c1)C(C)(C)\C(=C/C=C/C=C/C=Nc1ccccc1)N2CCCS(=O)(=O)[O-].Cl. The Labute approximate surface area is 638 Å². The van der Waals surface area contributed by atoms with Crippen molar-refractivity contribution in [2.24, 2.45) is 9.98 Å². The number of rotatable bonds is 26. The van der Waals surface area contributed by atoms with E-state index < -0.39 is 65.2 Å². The van der Waals surface area contributed by atoms with E-state index in [1.54, 1.807) is 24.6 Å². The van der Waals surface area contributed by atoms with Gasteiger partial charge in [0.2, 0.25) is 5.69 Å². The topological polar surface area (TPSA) is 299 Å². The standard InChI is InChI=1S/C35H42N2O8S2.C26H30N2O3S.C17H16N2.C4H6O3.CH4.ClH/c1-25-15-17-29-27(23-25)34(2,3)31(36(29)19-11-21-46(40,41)42)13-9-7-6-8-10-14-32-35(4,5)28-24-26(33(38)39)16-18-30(28)37(32)20-12-22-47(43,44)45;1-21-15-16-24-23(20-21)26(2,3)25(28(24)18-11-19-32(29,30)31)14-9-4-5-10-17-27-22-12-7-6-8-13-22;1-4-10-16(11-5-1)18-14-8-3-9-15-19-17-12-6-2-7-13-17;1-3(5)7-4(2)6;;/h6-10,13-18,23-24H,11-12,19-22H2,1-5H3,(H2-,38,39,40,41,42,43,44,45);4-10,12-17,20H,11,18-19H2,1-3H3,(H,29,30,31);1-15,18H;1-2H3;1H4;1H/p-2/b;9-4+,10-5+,25-14+,27-17?;9-3+,14-8+,19-15?;;;. The van der Waals surface area contributed by atoms with Gasteiger partial charge in [0.1, 0.15) is 6.54 Å². The predicted molar refractivity (Wildman–Crippen MR) is 433 cm³/mol. The molecule has 0 fully saturated rings. The second-order valence-electron chi connectivity index (χ2n) is 26.2. The van der Waals surface area contributed by atoms with E-state index in [0.29, 0.717) is 13.1 Å². The monoisotopic (exact) mass is 1530 g/mol. The minimum Gasteiger partial charge on any atom is -0.748 e. The van der Waals surface area contributed by atoms with Crippen molar-refractivity contribution in [2.45, 2.75) is 112 Å². The van der Waals surface area contributed by atoms with E-state index in [0.717, 1.165) is 67.9 Å². The molecule has 3 aliphatic rings. The van der Waals surface area contributed by atoms with E-state index in [-0.39, 0.29) is 67.8 Å². The normalized spacial score (nSPS) is 15.7. The molecule has 0 radical (unpaired) electrons. The van der Waals surface area contributed by atoms with Gasteiger partial charge >= 0.3 is 17.9 Å². The fraction of sp³-hybridized carbons (Fsp3) is 0.277. The molecule has 0 amide bonds. The molecule has 0 saturated heterocycles. The van der Waals surface area contributed by atoms with Gasteiger partial charge in [0.25, 0.3) is 0 Å². The number of nitrogens with zero attached hydrogens (tertiary/aromatic N) is 5. The van der Waals surface area contributed by atoms with E-state index >= 15 is 0 Å². The van der Waals surface area contributed by atoms with Crippen molar-refractivity contribution >= 4 is 113 Å². The van der Waals surface area contributed by atoms with E-state index in [2.05, 4.69) is 94.8 Å². The molecule has 20 nitrogen and oxygen atoms in total. The summed E-state index contributed by atoms with van der Waals surface area (Å²) < 4.78 is 107. The second-order valence-corrected chi connectivity index (χ2v) is 30.8. The minimum atomic E-state index is -4.38. The van der Waals surface area contributed by atoms with Gasteiger partial charge in [0, 0.05) is 126 Å². The number of carboxylic acid groups (broad SMARTS) is 1. The van der Waals surface area contributed by atoms with Crippen LogP contribution in [0.3, 0.4) is 0 Å². The van der Waals surface area contributed by atoms with Crippen LogP contribution in [0.2, 0.25) is 0 Å². The number of nitrogens with one attached hydrogen (secondary N) is 1. The van der Waals surface area contributed by atoms with Crippen molar-refractivity contribution in [3.05, 3.63) is 288 Å². The third-order valence-electron chi connectivity index (χ3n) is 16.9. The van der Waals surface area contributed by atoms with Crippen LogP contribution in [0, 0.1) is 13.8 Å². The number of carbonyl (C=O) groups is 3. The molecule has 9 rings (SSSR count). The van der Waals surface area contributed by atoms with Crippen LogP contribution >= 0.6 is 12.4 Å². The highest BCUT2D eigenvalue weighted by atomic mass is 35.5. The van der Waals surface area contributed by atoms with Crippen LogP contribution in [0.15, 0.2) is 264 Å². The van der Waals surface area contributed by atoms with Crippen LogP contribution in [0.4, 0.5) is 34.1 Å². The molecule has 0 saturated carbocycles. The van der Waals surface area contributed by atoms with E-state index in [9.17, 15) is 58.4 Å². The van der Waals surface area contributed by atoms with Crippen LogP contribution in [0.1, 0.15) is 120 Å². The maximum absolute atomic E-state index is 11.7. The molecule has 24 heteroatoms. The molecular weight excluding hydrogens is 1440 g/mol. The highest BCUT2D eigenvalue weighted by molar-refractivity contribution is 7.86. The van der Waals surface area contributed by atoms with Crippen molar-refractivity contribution in [3.8, 4) is 0 Å². The number of benzene rings is 6. The molecule has 0 bridgehead atoms. The summed E-state index contributed by atoms with van der Waals surface area (Å²) in [6.45, 7) is 20.1. The maximum atomic E-state index is 11.7. The summed E-state index contributed by atoms with van der Waals surface area (Å²) in [5, 5.41) is 12.7. The molecule has 3 aliphatic heterocycles. The minimum absolute atomic E-state index is 0. The summed E-state index contributed by atoms with van der Waals surface area (Å²) in [6.07, 6.45) is 34.8. The molecule has 0 aliphatic carbocycles. The zero-order valence-corrected chi connectivity index (χ0v) is 64.5. The first-order chi connectivity index (χ1) is 49.6. The predicted octanol–water partition coefficient (Wildman–Crippen LogP) is 16.4.